The van der Waals surface area contributed by atoms with Crippen LogP contribution in [0.3, 0.4) is 0 Å². The molecule has 48 heavy (non-hydrogen) atoms. The van der Waals surface area contributed by atoms with E-state index in [0.717, 1.165) is 62.8 Å². The van der Waals surface area contributed by atoms with Crippen molar-refractivity contribution >= 4 is 46.2 Å². The Hall–Kier alpha value is -5.06. The molecule has 1 aliphatic heterocycles. The summed E-state index contributed by atoms with van der Waals surface area (Å²) in [5, 5.41) is 6.19. The Morgan fingerprint density at radius 3 is 2.29 bits per heavy atom. The summed E-state index contributed by atoms with van der Waals surface area (Å²) in [4.78, 5) is 8.59. The SMILES string of the molecule is C=CC1=NC(C(=C)CN(C)c2c(Nc3ccccc3-c3ccccc3)ccc3ccccc23)C(CCC(=C)/C=C(\C)S)c2ccccc21. The predicted molar refractivity (Wildman–Crippen MR) is 212 cm³/mol. The number of allylic oxidation sites excluding steroid dienone is 4. The van der Waals surface area contributed by atoms with Gasteiger partial charge in [-0.25, -0.2) is 0 Å². The van der Waals surface area contributed by atoms with Crippen LogP contribution in [0.5, 0.6) is 0 Å². The summed E-state index contributed by atoms with van der Waals surface area (Å²) in [6.07, 6.45) is 5.69. The van der Waals surface area contributed by atoms with Gasteiger partial charge in [-0.15, -0.1) is 12.6 Å². The Morgan fingerprint density at radius 2 is 1.52 bits per heavy atom. The molecular formula is C44H43N3S. The summed E-state index contributed by atoms with van der Waals surface area (Å²) >= 11 is 4.48. The third-order valence-electron chi connectivity index (χ3n) is 9.10. The summed E-state index contributed by atoms with van der Waals surface area (Å²) in [6, 6.07) is 40.5. The lowest BCUT2D eigenvalue weighted by Gasteiger charge is -2.35. The molecule has 1 heterocycles. The van der Waals surface area contributed by atoms with Crippen LogP contribution >= 0.6 is 12.6 Å². The quantitative estimate of drug-likeness (QED) is 0.0803. The fourth-order valence-corrected chi connectivity index (χ4v) is 7.13. The Labute approximate surface area is 291 Å². The highest BCUT2D eigenvalue weighted by atomic mass is 32.1. The van der Waals surface area contributed by atoms with Gasteiger partial charge in [0.1, 0.15) is 0 Å². The number of nitrogens with one attached hydrogen (secondary N) is 1. The predicted octanol–water partition coefficient (Wildman–Crippen LogP) is 11.6. The number of likely N-dealkylation sites (N-methyl/N-ethyl adjacent to an activating group) is 1. The average Bonchev–Trinajstić information content (AvgIpc) is 3.10. The standard InChI is InChI=1S/C44H43N3S/c1-6-40-38-22-13-12-21-37(38)39(26-24-30(2)28-32(4)48)43(46-40)31(3)29-47(5)44-36-20-11-10-18-34(36)25-27-42(44)45-41-23-15-14-19-35(41)33-16-8-7-9-17-33/h6-23,25,27-28,39,43,45,48H,1-3,24,26,29H2,4-5H3/b32-28+. The molecule has 0 saturated carbocycles. The molecule has 0 aliphatic carbocycles. The molecular weight excluding hydrogens is 603 g/mol. The highest BCUT2D eigenvalue weighted by Gasteiger charge is 2.32. The Bertz CT molecular complexity index is 2030. The van der Waals surface area contributed by atoms with Crippen LogP contribution in [0, 0.1) is 0 Å². The number of fused-ring (bicyclic) bond motifs is 2. The second-order valence-corrected chi connectivity index (χ2v) is 13.3. The van der Waals surface area contributed by atoms with Crippen molar-refractivity contribution in [2.45, 2.75) is 31.7 Å². The zero-order valence-corrected chi connectivity index (χ0v) is 28.8. The summed E-state index contributed by atoms with van der Waals surface area (Å²) in [5.41, 5.74) is 11.1. The Kier molecular flexibility index (Phi) is 10.1. The van der Waals surface area contributed by atoms with Crippen molar-refractivity contribution in [3.8, 4) is 11.1 Å². The van der Waals surface area contributed by atoms with Crippen molar-refractivity contribution in [2.24, 2.45) is 4.99 Å². The van der Waals surface area contributed by atoms with Gasteiger partial charge in [-0.2, -0.15) is 0 Å². The van der Waals surface area contributed by atoms with Crippen molar-refractivity contribution in [3.63, 3.8) is 0 Å². The topological polar surface area (TPSA) is 27.6 Å². The van der Waals surface area contributed by atoms with E-state index in [0.29, 0.717) is 6.54 Å². The van der Waals surface area contributed by atoms with Crippen LogP contribution in [0.25, 0.3) is 21.9 Å². The molecule has 1 aliphatic rings. The van der Waals surface area contributed by atoms with Gasteiger partial charge in [0.2, 0.25) is 0 Å². The van der Waals surface area contributed by atoms with E-state index in [2.05, 4.69) is 164 Å². The largest absolute Gasteiger partial charge is 0.368 e. The molecule has 0 radical (unpaired) electrons. The summed E-state index contributed by atoms with van der Waals surface area (Å²) in [7, 11) is 2.16. The maximum Gasteiger partial charge on any atom is 0.0799 e. The van der Waals surface area contributed by atoms with Gasteiger partial charge in [-0.3, -0.25) is 4.99 Å². The maximum absolute atomic E-state index is 5.30. The van der Waals surface area contributed by atoms with Crippen molar-refractivity contribution in [1.82, 2.24) is 0 Å². The monoisotopic (exact) mass is 645 g/mol. The van der Waals surface area contributed by atoms with Crippen molar-refractivity contribution in [2.75, 3.05) is 23.8 Å². The third kappa shape index (κ3) is 7.10. The molecule has 1 N–H and O–H groups in total. The molecule has 0 spiro atoms. The van der Waals surface area contributed by atoms with E-state index in [-0.39, 0.29) is 12.0 Å². The first-order valence-electron chi connectivity index (χ1n) is 16.5. The smallest absolute Gasteiger partial charge is 0.0799 e. The molecule has 0 fully saturated rings. The van der Waals surface area contributed by atoms with Gasteiger partial charge in [-0.05, 0) is 65.0 Å². The van der Waals surface area contributed by atoms with Crippen LogP contribution in [0.2, 0.25) is 0 Å². The molecule has 0 aromatic heterocycles. The van der Waals surface area contributed by atoms with Gasteiger partial charge in [-0.1, -0.05) is 135 Å². The second-order valence-electron chi connectivity index (χ2n) is 12.6. The molecule has 0 bridgehead atoms. The number of para-hydroxylation sites is 1. The number of thiol groups is 1. The molecule has 2 atom stereocenters. The van der Waals surface area contributed by atoms with Crippen LogP contribution in [0.15, 0.2) is 168 Å². The number of rotatable bonds is 12. The number of aliphatic imine (C=N–C) groups is 1. The minimum Gasteiger partial charge on any atom is -0.368 e. The summed E-state index contributed by atoms with van der Waals surface area (Å²) in [6.45, 7) is 15.8. The van der Waals surface area contributed by atoms with Crippen LogP contribution in [-0.4, -0.2) is 25.3 Å². The molecule has 6 rings (SSSR count). The molecule has 2 unspecified atom stereocenters. The van der Waals surface area contributed by atoms with Crippen LogP contribution in [0.1, 0.15) is 36.8 Å². The van der Waals surface area contributed by atoms with Gasteiger partial charge < -0.3 is 10.2 Å². The Balaban J connectivity index is 1.35. The number of anilines is 3. The molecule has 0 saturated heterocycles. The minimum atomic E-state index is -0.102. The van der Waals surface area contributed by atoms with Gasteiger partial charge >= 0.3 is 0 Å². The van der Waals surface area contributed by atoms with Crippen LogP contribution < -0.4 is 10.2 Å². The fraction of sp³-hybridized carbons (Fsp3) is 0.159. The molecule has 3 nitrogen and oxygen atoms in total. The van der Waals surface area contributed by atoms with E-state index in [1.54, 1.807) is 0 Å². The molecule has 5 aromatic carbocycles. The number of nitrogens with zero attached hydrogens (tertiary/aromatic N) is 2. The summed E-state index contributed by atoms with van der Waals surface area (Å²) in [5.74, 6) is 0.166. The number of hydrogen-bond donors (Lipinski definition) is 2. The van der Waals surface area contributed by atoms with E-state index in [9.17, 15) is 0 Å². The first-order valence-corrected chi connectivity index (χ1v) is 17.0. The van der Waals surface area contributed by atoms with E-state index < -0.39 is 0 Å². The first-order chi connectivity index (χ1) is 23.3. The summed E-state index contributed by atoms with van der Waals surface area (Å²) < 4.78 is 0. The van der Waals surface area contributed by atoms with Crippen LogP contribution in [0.4, 0.5) is 17.1 Å². The average molecular weight is 646 g/mol. The second kappa shape index (κ2) is 14.8. The lowest BCUT2D eigenvalue weighted by molar-refractivity contribution is 0.537. The lowest BCUT2D eigenvalue weighted by atomic mass is 9.78. The van der Waals surface area contributed by atoms with Gasteiger partial charge in [0.15, 0.2) is 0 Å². The molecule has 0 amide bonds. The molecule has 240 valence electrons. The molecule has 4 heteroatoms. The third-order valence-corrected chi connectivity index (χ3v) is 9.23. The van der Waals surface area contributed by atoms with Crippen molar-refractivity contribution < 1.29 is 0 Å². The first kappa shape index (κ1) is 32.9. The normalized spacial score (nSPS) is 15.7. The minimum absolute atomic E-state index is 0.102. The van der Waals surface area contributed by atoms with E-state index >= 15 is 0 Å². The fourth-order valence-electron chi connectivity index (χ4n) is 6.94. The van der Waals surface area contributed by atoms with E-state index in [1.165, 1.54) is 21.9 Å². The maximum atomic E-state index is 5.30. The van der Waals surface area contributed by atoms with Crippen molar-refractivity contribution in [1.29, 1.82) is 0 Å². The van der Waals surface area contributed by atoms with Crippen molar-refractivity contribution in [3.05, 3.63) is 174 Å². The Morgan fingerprint density at radius 1 is 0.833 bits per heavy atom. The highest BCUT2D eigenvalue weighted by Crippen LogP contribution is 2.41. The van der Waals surface area contributed by atoms with Gasteiger partial charge in [0, 0.05) is 41.7 Å². The number of hydrogen-bond acceptors (Lipinski definition) is 4. The van der Waals surface area contributed by atoms with Gasteiger partial charge in [0.05, 0.1) is 23.1 Å². The zero-order chi connectivity index (χ0) is 33.6. The van der Waals surface area contributed by atoms with E-state index in [4.69, 9.17) is 11.6 Å². The van der Waals surface area contributed by atoms with Gasteiger partial charge in [0.25, 0.3) is 0 Å². The number of benzene rings is 5. The lowest BCUT2D eigenvalue weighted by Crippen LogP contribution is -2.32. The van der Waals surface area contributed by atoms with E-state index in [1.807, 2.05) is 13.0 Å². The molecule has 5 aromatic rings. The van der Waals surface area contributed by atoms with Crippen LogP contribution in [-0.2, 0) is 0 Å². The highest BCUT2D eigenvalue weighted by molar-refractivity contribution is 7.84. The zero-order valence-electron chi connectivity index (χ0n) is 27.9.